The highest BCUT2D eigenvalue weighted by Gasteiger charge is 2.17. The second-order valence-electron chi connectivity index (χ2n) is 6.28. The highest BCUT2D eigenvalue weighted by atomic mass is 16.6. The highest BCUT2D eigenvalue weighted by molar-refractivity contribution is 6.02. The number of fused-ring (bicyclic) bond motifs is 1. The van der Waals surface area contributed by atoms with Crippen LogP contribution in [0.25, 0.3) is 16.6 Å². The Kier molecular flexibility index (Phi) is 4.69. The summed E-state index contributed by atoms with van der Waals surface area (Å²) in [5.74, 6) is -0.724. The van der Waals surface area contributed by atoms with Crippen molar-refractivity contribution in [3.63, 3.8) is 0 Å². The van der Waals surface area contributed by atoms with Gasteiger partial charge in [0.2, 0.25) is 5.88 Å². The number of nitro groups is 1. The van der Waals surface area contributed by atoms with E-state index in [-0.39, 0.29) is 22.8 Å². The van der Waals surface area contributed by atoms with E-state index in [9.17, 15) is 25.1 Å². The maximum Gasteiger partial charge on any atom is 0.271 e. The summed E-state index contributed by atoms with van der Waals surface area (Å²) in [4.78, 5) is 31.5. The number of benzene rings is 2. The predicted molar refractivity (Wildman–Crippen MR) is 109 cm³/mol. The Morgan fingerprint density at radius 1 is 1.07 bits per heavy atom. The van der Waals surface area contributed by atoms with E-state index in [1.807, 2.05) is 0 Å². The molecule has 0 fully saturated rings. The highest BCUT2D eigenvalue weighted by Crippen LogP contribution is 2.30. The molecule has 0 radical (unpaired) electrons. The van der Waals surface area contributed by atoms with E-state index in [2.05, 4.69) is 9.98 Å². The summed E-state index contributed by atoms with van der Waals surface area (Å²) < 4.78 is 1.04. The van der Waals surface area contributed by atoms with Gasteiger partial charge in [0.15, 0.2) is 0 Å². The Morgan fingerprint density at radius 2 is 1.80 bits per heavy atom. The van der Waals surface area contributed by atoms with Gasteiger partial charge < -0.3 is 10.2 Å². The van der Waals surface area contributed by atoms with Gasteiger partial charge in [0.25, 0.3) is 11.2 Å². The minimum absolute atomic E-state index is 0.164. The van der Waals surface area contributed by atoms with E-state index in [4.69, 9.17) is 0 Å². The molecule has 0 atom stereocenters. The lowest BCUT2D eigenvalue weighted by atomic mass is 10.1. The topological polar surface area (TPSA) is 134 Å². The molecule has 0 unspecified atom stereocenters. The monoisotopic (exact) mass is 401 g/mol. The minimum atomic E-state index is -0.632. The number of nitrogens with zero attached hydrogens (tertiary/aromatic N) is 4. The number of hydrogen-bond donors (Lipinski definition) is 1. The van der Waals surface area contributed by atoms with Gasteiger partial charge in [-0.1, -0.05) is 36.1 Å². The van der Waals surface area contributed by atoms with Gasteiger partial charge in [-0.05, 0) is 18.2 Å². The summed E-state index contributed by atoms with van der Waals surface area (Å²) in [6, 6.07) is 14.7. The lowest BCUT2D eigenvalue weighted by molar-refractivity contribution is -0.385. The molecule has 30 heavy (non-hydrogen) atoms. The molecule has 1 N–H and O–H groups in total. The number of pyridine rings is 2. The number of aliphatic imine (C=N–C) groups is 1. The fourth-order valence-corrected chi connectivity index (χ4v) is 3.04. The molecule has 2 heterocycles. The molecule has 0 bridgehead atoms. The molecule has 0 amide bonds. The van der Waals surface area contributed by atoms with Gasteiger partial charge >= 0.3 is 0 Å². The number of nitro benzene ring substituents is 1. The number of rotatable bonds is 4. The zero-order valence-corrected chi connectivity index (χ0v) is 15.3. The van der Waals surface area contributed by atoms with Crippen molar-refractivity contribution in [2.24, 2.45) is 4.99 Å². The molecular weight excluding hydrogens is 388 g/mol. The van der Waals surface area contributed by atoms with Crippen molar-refractivity contribution in [2.45, 2.75) is 0 Å². The molecular formula is C21H13N4O5-. The Balaban J connectivity index is 1.96. The maximum atomic E-state index is 12.9. The van der Waals surface area contributed by atoms with Crippen molar-refractivity contribution in [1.82, 2.24) is 9.55 Å². The average Bonchev–Trinajstić information content (AvgIpc) is 2.75. The second kappa shape index (κ2) is 7.47. The summed E-state index contributed by atoms with van der Waals surface area (Å²) in [5.41, 5.74) is -0.752. The van der Waals surface area contributed by atoms with E-state index < -0.39 is 22.1 Å². The van der Waals surface area contributed by atoms with E-state index in [0.717, 1.165) is 22.8 Å². The zero-order chi connectivity index (χ0) is 21.3. The SMILES string of the molecule is O=c1c2ccccc2c(C=Nc2cc([N+](=O)[O-])ccc2[O-])c(O)n1-c1ccccn1. The Labute approximate surface area is 169 Å². The molecule has 0 aliphatic rings. The number of hydrogen-bond acceptors (Lipinski definition) is 7. The van der Waals surface area contributed by atoms with Crippen LogP contribution in [0, 0.1) is 10.1 Å². The van der Waals surface area contributed by atoms with Crippen LogP contribution in [0.4, 0.5) is 11.4 Å². The van der Waals surface area contributed by atoms with Crippen molar-refractivity contribution < 1.29 is 15.1 Å². The third-order valence-corrected chi connectivity index (χ3v) is 4.47. The normalized spacial score (nSPS) is 11.2. The largest absolute Gasteiger partial charge is 0.871 e. The first-order valence-electron chi connectivity index (χ1n) is 8.75. The van der Waals surface area contributed by atoms with E-state index in [0.29, 0.717) is 10.8 Å². The lowest BCUT2D eigenvalue weighted by Crippen LogP contribution is -2.20. The fraction of sp³-hybridized carbons (Fsp3) is 0. The maximum absolute atomic E-state index is 12.9. The van der Waals surface area contributed by atoms with Crippen LogP contribution in [-0.4, -0.2) is 25.8 Å². The van der Waals surface area contributed by atoms with Crippen LogP contribution in [-0.2, 0) is 0 Å². The third-order valence-electron chi connectivity index (χ3n) is 4.47. The lowest BCUT2D eigenvalue weighted by Gasteiger charge is -2.13. The molecule has 4 aromatic rings. The summed E-state index contributed by atoms with van der Waals surface area (Å²) in [6.45, 7) is 0. The van der Waals surface area contributed by atoms with Crippen LogP contribution >= 0.6 is 0 Å². The first-order chi connectivity index (χ1) is 14.5. The van der Waals surface area contributed by atoms with Gasteiger partial charge in [0, 0.05) is 35.3 Å². The van der Waals surface area contributed by atoms with Crippen LogP contribution in [0.3, 0.4) is 0 Å². The van der Waals surface area contributed by atoms with E-state index >= 15 is 0 Å². The molecule has 9 heteroatoms. The summed E-state index contributed by atoms with van der Waals surface area (Å²) in [6.07, 6.45) is 2.69. The Bertz CT molecular complexity index is 1360. The fourth-order valence-electron chi connectivity index (χ4n) is 3.04. The van der Waals surface area contributed by atoms with Crippen LogP contribution in [0.5, 0.6) is 11.6 Å². The number of aromatic hydroxyl groups is 1. The van der Waals surface area contributed by atoms with Gasteiger partial charge in [-0.15, -0.1) is 0 Å². The standard InChI is InChI=1S/C21H14N4O5/c26-18-9-8-13(25(29)30)11-17(18)23-12-16-14-5-1-2-6-15(14)20(27)24(21(16)28)19-7-3-4-10-22-19/h1-12,26,28H/p-1. The molecule has 2 aromatic heterocycles. The molecule has 148 valence electrons. The first kappa shape index (κ1) is 18.8. The van der Waals surface area contributed by atoms with Gasteiger partial charge in [0.1, 0.15) is 5.82 Å². The van der Waals surface area contributed by atoms with Crippen molar-refractivity contribution in [3.8, 4) is 17.4 Å². The van der Waals surface area contributed by atoms with E-state index in [1.165, 1.54) is 12.4 Å². The van der Waals surface area contributed by atoms with Crippen molar-refractivity contribution >= 4 is 28.4 Å². The molecule has 9 nitrogen and oxygen atoms in total. The van der Waals surface area contributed by atoms with Gasteiger partial charge in [0.05, 0.1) is 16.2 Å². The summed E-state index contributed by atoms with van der Waals surface area (Å²) in [5, 5.41) is 34.6. The van der Waals surface area contributed by atoms with Gasteiger partial charge in [-0.2, -0.15) is 0 Å². The van der Waals surface area contributed by atoms with Crippen LogP contribution in [0.2, 0.25) is 0 Å². The minimum Gasteiger partial charge on any atom is -0.871 e. The zero-order valence-electron chi connectivity index (χ0n) is 15.3. The average molecular weight is 401 g/mol. The van der Waals surface area contributed by atoms with Crippen molar-refractivity contribution in [1.29, 1.82) is 0 Å². The van der Waals surface area contributed by atoms with Crippen molar-refractivity contribution in [2.75, 3.05) is 0 Å². The second-order valence-corrected chi connectivity index (χ2v) is 6.28. The summed E-state index contributed by atoms with van der Waals surface area (Å²) in [7, 11) is 0. The third kappa shape index (κ3) is 3.24. The molecule has 4 rings (SSSR count). The Morgan fingerprint density at radius 3 is 2.50 bits per heavy atom. The predicted octanol–water partition coefficient (Wildman–Crippen LogP) is 2.82. The molecule has 0 saturated heterocycles. The molecule has 0 aliphatic heterocycles. The van der Waals surface area contributed by atoms with E-state index in [1.54, 1.807) is 42.5 Å². The Hall–Kier alpha value is -4.53. The number of aromatic nitrogens is 2. The quantitative estimate of drug-likeness (QED) is 0.317. The van der Waals surface area contributed by atoms with Gasteiger partial charge in [-0.3, -0.25) is 19.9 Å². The van der Waals surface area contributed by atoms with Crippen LogP contribution < -0.4 is 10.7 Å². The molecule has 2 aromatic carbocycles. The first-order valence-corrected chi connectivity index (χ1v) is 8.75. The van der Waals surface area contributed by atoms with Crippen LogP contribution in [0.1, 0.15) is 5.56 Å². The smallest absolute Gasteiger partial charge is 0.271 e. The van der Waals surface area contributed by atoms with Crippen LogP contribution in [0.15, 0.2) is 76.6 Å². The number of non-ortho nitro benzene ring substituents is 1. The molecule has 0 aliphatic carbocycles. The van der Waals surface area contributed by atoms with Crippen molar-refractivity contribution in [3.05, 3.63) is 92.9 Å². The molecule has 0 saturated carbocycles. The van der Waals surface area contributed by atoms with Gasteiger partial charge in [-0.25, -0.2) is 9.55 Å². The molecule has 0 spiro atoms. The summed E-state index contributed by atoms with van der Waals surface area (Å²) >= 11 is 0.